The molecule has 2 heterocycles. The minimum Gasteiger partial charge on any atom is -0.325 e. The summed E-state index contributed by atoms with van der Waals surface area (Å²) in [5.41, 5.74) is 2.67. The van der Waals surface area contributed by atoms with Gasteiger partial charge in [-0.1, -0.05) is 30.3 Å². The van der Waals surface area contributed by atoms with Crippen LogP contribution in [-0.4, -0.2) is 21.9 Å². The van der Waals surface area contributed by atoms with Crippen molar-refractivity contribution in [2.75, 3.05) is 6.54 Å². The molecule has 0 amide bonds. The van der Waals surface area contributed by atoms with Gasteiger partial charge in [0.15, 0.2) is 5.78 Å². The Morgan fingerprint density at radius 1 is 1.33 bits per heavy atom. The van der Waals surface area contributed by atoms with Crippen molar-refractivity contribution in [1.29, 1.82) is 0 Å². The van der Waals surface area contributed by atoms with E-state index in [-0.39, 0.29) is 5.78 Å². The molecule has 0 fully saturated rings. The normalized spacial score (nSPS) is 14.3. The van der Waals surface area contributed by atoms with Gasteiger partial charge in [-0.05, 0) is 0 Å². The van der Waals surface area contributed by atoms with Crippen LogP contribution in [0.4, 0.5) is 0 Å². The number of carbonyl (C=O) groups excluding carboxylic acids is 1. The number of rotatable bonds is 2. The molecule has 4 nitrogen and oxygen atoms in total. The van der Waals surface area contributed by atoms with Crippen molar-refractivity contribution >= 4 is 5.78 Å². The van der Waals surface area contributed by atoms with E-state index in [0.29, 0.717) is 5.69 Å². The first-order valence-electron chi connectivity index (χ1n) is 6.14. The lowest BCUT2D eigenvalue weighted by Crippen LogP contribution is -2.29. The second-order valence-corrected chi connectivity index (χ2v) is 4.48. The average molecular weight is 241 g/mol. The lowest BCUT2D eigenvalue weighted by molar-refractivity contribution is 0.101. The topological polar surface area (TPSA) is 46.9 Å². The number of hydrogen-bond acceptors (Lipinski definition) is 3. The van der Waals surface area contributed by atoms with Crippen LogP contribution in [0.5, 0.6) is 0 Å². The van der Waals surface area contributed by atoms with Crippen LogP contribution in [0.1, 0.15) is 23.1 Å². The van der Waals surface area contributed by atoms with Gasteiger partial charge < -0.3 is 9.88 Å². The van der Waals surface area contributed by atoms with Crippen LogP contribution >= 0.6 is 0 Å². The fourth-order valence-corrected chi connectivity index (χ4v) is 2.39. The van der Waals surface area contributed by atoms with Crippen LogP contribution in [0.25, 0.3) is 11.4 Å². The number of imidazole rings is 1. The molecule has 0 aliphatic carbocycles. The summed E-state index contributed by atoms with van der Waals surface area (Å²) in [7, 11) is 0. The molecule has 0 bridgehead atoms. The summed E-state index contributed by atoms with van der Waals surface area (Å²) in [5, 5.41) is 3.29. The molecule has 3 rings (SSSR count). The molecule has 1 aromatic heterocycles. The van der Waals surface area contributed by atoms with Crippen molar-refractivity contribution in [3.63, 3.8) is 0 Å². The number of hydrogen-bond donors (Lipinski definition) is 1. The minimum absolute atomic E-state index is 0.0321. The molecule has 1 N–H and O–H groups in total. The fourth-order valence-electron chi connectivity index (χ4n) is 2.39. The third kappa shape index (κ3) is 1.75. The van der Waals surface area contributed by atoms with Crippen molar-refractivity contribution in [3.8, 4) is 11.4 Å². The summed E-state index contributed by atoms with van der Waals surface area (Å²) in [6, 6.07) is 10.0. The molecule has 1 aliphatic rings. The first kappa shape index (κ1) is 11.2. The van der Waals surface area contributed by atoms with Crippen LogP contribution in [0.3, 0.4) is 0 Å². The fraction of sp³-hybridized carbons (Fsp3) is 0.286. The minimum atomic E-state index is 0.0321. The Bertz CT molecular complexity index is 587. The number of fused-ring (bicyclic) bond motifs is 1. The number of Topliss-reactive ketones (excluding diaryl/α,β-unsaturated/α-hetero) is 1. The molecule has 0 radical (unpaired) electrons. The third-order valence-corrected chi connectivity index (χ3v) is 3.24. The Morgan fingerprint density at radius 3 is 2.83 bits per heavy atom. The molecule has 4 heteroatoms. The first-order valence-corrected chi connectivity index (χ1v) is 6.14. The van der Waals surface area contributed by atoms with Crippen molar-refractivity contribution < 1.29 is 4.79 Å². The largest absolute Gasteiger partial charge is 0.325 e. The van der Waals surface area contributed by atoms with Crippen LogP contribution in [0.2, 0.25) is 0 Å². The van der Waals surface area contributed by atoms with E-state index in [9.17, 15) is 4.79 Å². The van der Waals surface area contributed by atoms with Gasteiger partial charge in [0, 0.05) is 32.1 Å². The van der Waals surface area contributed by atoms with Gasteiger partial charge in [-0.25, -0.2) is 4.98 Å². The van der Waals surface area contributed by atoms with Crippen molar-refractivity contribution in [3.05, 3.63) is 41.7 Å². The maximum Gasteiger partial charge on any atom is 0.180 e. The SMILES string of the molecule is CC(=O)c1nc(-c2ccccc2)n2c1CNCC2. The van der Waals surface area contributed by atoms with E-state index >= 15 is 0 Å². The van der Waals surface area contributed by atoms with Crippen LogP contribution in [0, 0.1) is 0 Å². The van der Waals surface area contributed by atoms with E-state index in [0.717, 1.165) is 36.7 Å². The molecular formula is C14H15N3O. The van der Waals surface area contributed by atoms with Gasteiger partial charge in [-0.2, -0.15) is 0 Å². The van der Waals surface area contributed by atoms with E-state index in [1.165, 1.54) is 0 Å². The standard InChI is InChI=1S/C14H15N3O/c1-10(18)13-12-9-15-7-8-17(12)14(16-13)11-5-3-2-4-6-11/h2-6,15H,7-9H2,1H3. The van der Waals surface area contributed by atoms with E-state index in [1.807, 2.05) is 30.3 Å². The van der Waals surface area contributed by atoms with Crippen LogP contribution in [-0.2, 0) is 13.1 Å². The van der Waals surface area contributed by atoms with Gasteiger partial charge in [0.25, 0.3) is 0 Å². The lowest BCUT2D eigenvalue weighted by atomic mass is 10.2. The van der Waals surface area contributed by atoms with Gasteiger partial charge in [0.2, 0.25) is 0 Å². The number of nitrogens with one attached hydrogen (secondary N) is 1. The Morgan fingerprint density at radius 2 is 2.11 bits per heavy atom. The number of benzene rings is 1. The van der Waals surface area contributed by atoms with E-state index in [4.69, 9.17) is 0 Å². The first-order chi connectivity index (χ1) is 8.77. The second kappa shape index (κ2) is 4.38. The highest BCUT2D eigenvalue weighted by Gasteiger charge is 2.22. The van der Waals surface area contributed by atoms with Crippen molar-refractivity contribution in [2.45, 2.75) is 20.0 Å². The summed E-state index contributed by atoms with van der Waals surface area (Å²) in [5.74, 6) is 0.932. The Labute approximate surface area is 106 Å². The number of carbonyl (C=O) groups is 1. The van der Waals surface area contributed by atoms with Crippen LogP contribution in [0.15, 0.2) is 30.3 Å². The quantitative estimate of drug-likeness (QED) is 0.816. The zero-order chi connectivity index (χ0) is 12.5. The summed E-state index contributed by atoms with van der Waals surface area (Å²) in [6.45, 7) is 4.07. The zero-order valence-corrected chi connectivity index (χ0v) is 10.3. The Hall–Kier alpha value is -1.94. The van der Waals surface area contributed by atoms with Crippen molar-refractivity contribution in [1.82, 2.24) is 14.9 Å². The summed E-state index contributed by atoms with van der Waals surface area (Å²) in [4.78, 5) is 16.2. The summed E-state index contributed by atoms with van der Waals surface area (Å²) >= 11 is 0. The molecule has 0 atom stereocenters. The highest BCUT2D eigenvalue weighted by molar-refractivity contribution is 5.94. The monoisotopic (exact) mass is 241 g/mol. The van der Waals surface area contributed by atoms with Gasteiger partial charge in [-0.15, -0.1) is 0 Å². The molecule has 0 unspecified atom stereocenters. The average Bonchev–Trinajstić information content (AvgIpc) is 2.79. The van der Waals surface area contributed by atoms with Crippen molar-refractivity contribution in [2.24, 2.45) is 0 Å². The van der Waals surface area contributed by atoms with E-state index < -0.39 is 0 Å². The number of ketones is 1. The van der Waals surface area contributed by atoms with Gasteiger partial charge in [0.05, 0.1) is 5.69 Å². The maximum absolute atomic E-state index is 11.7. The highest BCUT2D eigenvalue weighted by Crippen LogP contribution is 2.24. The van der Waals surface area contributed by atoms with Gasteiger partial charge in [-0.3, -0.25) is 4.79 Å². The zero-order valence-electron chi connectivity index (χ0n) is 10.3. The van der Waals surface area contributed by atoms with Crippen LogP contribution < -0.4 is 5.32 Å². The van der Waals surface area contributed by atoms with E-state index in [2.05, 4.69) is 14.9 Å². The highest BCUT2D eigenvalue weighted by atomic mass is 16.1. The maximum atomic E-state index is 11.7. The predicted octanol–water partition coefficient (Wildman–Crippen LogP) is 1.86. The summed E-state index contributed by atoms with van der Waals surface area (Å²) < 4.78 is 2.16. The predicted molar refractivity (Wildman–Crippen MR) is 69.4 cm³/mol. The Kier molecular flexibility index (Phi) is 2.72. The third-order valence-electron chi connectivity index (χ3n) is 3.24. The molecule has 0 saturated carbocycles. The number of aromatic nitrogens is 2. The molecule has 1 aliphatic heterocycles. The summed E-state index contributed by atoms with van der Waals surface area (Å²) in [6.07, 6.45) is 0. The molecular weight excluding hydrogens is 226 g/mol. The molecule has 0 spiro atoms. The lowest BCUT2D eigenvalue weighted by Gasteiger charge is -2.18. The van der Waals surface area contributed by atoms with Gasteiger partial charge in [0.1, 0.15) is 11.5 Å². The molecule has 2 aromatic rings. The second-order valence-electron chi connectivity index (χ2n) is 4.48. The molecule has 18 heavy (non-hydrogen) atoms. The molecule has 1 aromatic carbocycles. The van der Waals surface area contributed by atoms with Gasteiger partial charge >= 0.3 is 0 Å². The number of nitrogens with zero attached hydrogens (tertiary/aromatic N) is 2. The van der Waals surface area contributed by atoms with E-state index in [1.54, 1.807) is 6.92 Å². The Balaban J connectivity index is 2.18. The smallest absolute Gasteiger partial charge is 0.180 e. The molecule has 92 valence electrons. The molecule has 0 saturated heterocycles.